The molecule has 0 bridgehead atoms. The fourth-order valence-corrected chi connectivity index (χ4v) is 4.41. The van der Waals surface area contributed by atoms with Crippen molar-refractivity contribution in [1.82, 2.24) is 0 Å². The molecule has 0 saturated heterocycles. The first-order valence-electron chi connectivity index (χ1n) is 7.12. The van der Waals surface area contributed by atoms with Crippen molar-refractivity contribution in [3.05, 3.63) is 0 Å². The minimum atomic E-state index is -3.96. The lowest BCUT2D eigenvalue weighted by Crippen LogP contribution is -2.08. The zero-order valence-corrected chi connectivity index (χ0v) is 13.7. The number of hydrogen-bond donors (Lipinski definition) is 2. The lowest BCUT2D eigenvalue weighted by Gasteiger charge is -2.15. The molecule has 0 amide bonds. The Balaban J connectivity index is 3.87. The largest absolute Gasteiger partial charge is 0.703 e. The van der Waals surface area contributed by atoms with E-state index < -0.39 is 21.5 Å². The maximum atomic E-state index is 11.8. The molecule has 0 radical (unpaired) electrons. The van der Waals surface area contributed by atoms with E-state index in [0.717, 1.165) is 19.3 Å². The van der Waals surface area contributed by atoms with Gasteiger partial charge in [0.1, 0.15) is 0 Å². The van der Waals surface area contributed by atoms with Gasteiger partial charge in [-0.05, 0) is 17.2 Å². The highest BCUT2D eigenvalue weighted by molar-refractivity contribution is 7.60. The topological polar surface area (TPSA) is 83.8 Å². The SMILES string of the molecule is CCCCCCCCCC(CC)P(=O)(O)O[P+](=O)O. The minimum Gasteiger partial charge on any atom is -0.322 e. The summed E-state index contributed by atoms with van der Waals surface area (Å²) in [6, 6.07) is 0. The van der Waals surface area contributed by atoms with Crippen molar-refractivity contribution in [3.63, 3.8) is 0 Å². The van der Waals surface area contributed by atoms with E-state index in [1.807, 2.05) is 0 Å². The van der Waals surface area contributed by atoms with Gasteiger partial charge in [0.25, 0.3) is 0 Å². The van der Waals surface area contributed by atoms with Crippen LogP contribution in [-0.2, 0) is 13.4 Å². The summed E-state index contributed by atoms with van der Waals surface area (Å²) in [4.78, 5) is 18.2. The molecule has 114 valence electrons. The number of unbranched alkanes of at least 4 members (excludes halogenated alkanes) is 6. The second-order valence-electron chi connectivity index (χ2n) is 4.86. The first-order valence-corrected chi connectivity index (χ1v) is 9.90. The normalized spacial score (nSPS) is 16.9. The molecule has 0 aliphatic rings. The van der Waals surface area contributed by atoms with Crippen LogP contribution in [0.4, 0.5) is 0 Å². The predicted octanol–water partition coefficient (Wildman–Crippen LogP) is 4.76. The van der Waals surface area contributed by atoms with E-state index in [4.69, 9.17) is 4.89 Å². The Morgan fingerprint density at radius 2 is 1.63 bits per heavy atom. The van der Waals surface area contributed by atoms with Crippen molar-refractivity contribution in [3.8, 4) is 0 Å². The first kappa shape index (κ1) is 19.2. The van der Waals surface area contributed by atoms with Gasteiger partial charge < -0.3 is 4.89 Å². The van der Waals surface area contributed by atoms with Crippen LogP contribution in [0.5, 0.6) is 0 Å². The lowest BCUT2D eigenvalue weighted by atomic mass is 10.1. The van der Waals surface area contributed by atoms with Gasteiger partial charge in [-0.1, -0.05) is 58.8 Å². The molecule has 2 N–H and O–H groups in total. The molecular formula is C12H27O5P2+. The summed E-state index contributed by atoms with van der Waals surface area (Å²) in [6.07, 6.45) is 9.03. The molecule has 0 saturated carbocycles. The van der Waals surface area contributed by atoms with E-state index in [2.05, 4.69) is 11.2 Å². The highest BCUT2D eigenvalue weighted by atomic mass is 31.2. The third-order valence-electron chi connectivity index (χ3n) is 3.26. The van der Waals surface area contributed by atoms with Crippen LogP contribution in [0.2, 0.25) is 0 Å². The molecule has 0 aromatic carbocycles. The molecular weight excluding hydrogens is 286 g/mol. The Labute approximate surface area is 117 Å². The summed E-state index contributed by atoms with van der Waals surface area (Å²) in [5.74, 6) is 0. The van der Waals surface area contributed by atoms with Crippen molar-refractivity contribution in [2.24, 2.45) is 0 Å². The second-order valence-corrected chi connectivity index (χ2v) is 7.84. The lowest BCUT2D eigenvalue weighted by molar-refractivity contribution is 0.334. The molecule has 19 heavy (non-hydrogen) atoms. The van der Waals surface area contributed by atoms with E-state index in [1.165, 1.54) is 25.7 Å². The quantitative estimate of drug-likeness (QED) is 0.401. The van der Waals surface area contributed by atoms with Crippen LogP contribution in [0.25, 0.3) is 0 Å². The van der Waals surface area contributed by atoms with Gasteiger partial charge in [0.15, 0.2) is 0 Å². The van der Waals surface area contributed by atoms with Gasteiger partial charge in [-0.2, -0.15) is 0 Å². The molecule has 0 aliphatic heterocycles. The Morgan fingerprint density at radius 1 is 1.11 bits per heavy atom. The van der Waals surface area contributed by atoms with Crippen LogP contribution in [0.15, 0.2) is 0 Å². The Morgan fingerprint density at radius 3 is 2.11 bits per heavy atom. The molecule has 0 aromatic heterocycles. The van der Waals surface area contributed by atoms with Gasteiger partial charge in [0, 0.05) is 4.57 Å². The van der Waals surface area contributed by atoms with Crippen LogP contribution in [-0.4, -0.2) is 15.4 Å². The summed E-state index contributed by atoms with van der Waals surface area (Å²) in [5.41, 5.74) is -0.533. The summed E-state index contributed by atoms with van der Waals surface area (Å²) in [6.45, 7) is 3.97. The summed E-state index contributed by atoms with van der Waals surface area (Å²) in [7, 11) is -6.98. The molecule has 0 spiro atoms. The average Bonchev–Trinajstić information content (AvgIpc) is 2.30. The zero-order valence-electron chi connectivity index (χ0n) is 12.0. The first-order chi connectivity index (χ1) is 8.94. The molecule has 3 atom stereocenters. The van der Waals surface area contributed by atoms with E-state index in [9.17, 15) is 14.0 Å². The van der Waals surface area contributed by atoms with E-state index in [-0.39, 0.29) is 0 Å². The number of hydrogen-bond acceptors (Lipinski definition) is 3. The van der Waals surface area contributed by atoms with E-state index >= 15 is 0 Å². The third kappa shape index (κ3) is 9.70. The van der Waals surface area contributed by atoms with Gasteiger partial charge in [-0.3, -0.25) is 4.57 Å². The Bertz CT molecular complexity index is 296. The van der Waals surface area contributed by atoms with Gasteiger partial charge in [-0.25, -0.2) is 0 Å². The van der Waals surface area contributed by atoms with Gasteiger partial charge >= 0.3 is 15.9 Å². The maximum absolute atomic E-state index is 11.8. The molecule has 0 aliphatic carbocycles. The van der Waals surface area contributed by atoms with E-state index in [1.54, 1.807) is 6.92 Å². The van der Waals surface area contributed by atoms with Crippen LogP contribution < -0.4 is 0 Å². The molecule has 0 heterocycles. The number of rotatable bonds is 12. The summed E-state index contributed by atoms with van der Waals surface area (Å²) in [5, 5.41) is 0. The molecule has 0 aromatic rings. The highest BCUT2D eigenvalue weighted by Gasteiger charge is 2.39. The molecule has 3 unspecified atom stereocenters. The minimum absolute atomic E-state index is 0.479. The van der Waals surface area contributed by atoms with Crippen LogP contribution in [0, 0.1) is 0 Å². The van der Waals surface area contributed by atoms with Gasteiger partial charge in [0.05, 0.1) is 5.66 Å². The van der Waals surface area contributed by atoms with Crippen LogP contribution >= 0.6 is 15.9 Å². The summed E-state index contributed by atoms with van der Waals surface area (Å²) < 4.78 is 26.5. The van der Waals surface area contributed by atoms with Crippen molar-refractivity contribution in [2.45, 2.75) is 77.3 Å². The van der Waals surface area contributed by atoms with Crippen molar-refractivity contribution in [1.29, 1.82) is 0 Å². The zero-order chi connectivity index (χ0) is 14.7. The van der Waals surface area contributed by atoms with Gasteiger partial charge in [-0.15, -0.1) is 4.89 Å². The van der Waals surface area contributed by atoms with Crippen molar-refractivity contribution < 1.29 is 23.2 Å². The highest BCUT2D eigenvalue weighted by Crippen LogP contribution is 2.56. The maximum Gasteiger partial charge on any atom is 0.703 e. The summed E-state index contributed by atoms with van der Waals surface area (Å²) >= 11 is 0. The fourth-order valence-electron chi connectivity index (χ4n) is 2.10. The fraction of sp³-hybridized carbons (Fsp3) is 1.00. The Kier molecular flexibility index (Phi) is 11.1. The van der Waals surface area contributed by atoms with Crippen LogP contribution in [0.3, 0.4) is 0 Å². The van der Waals surface area contributed by atoms with Crippen LogP contribution in [0.1, 0.15) is 71.6 Å². The monoisotopic (exact) mass is 313 g/mol. The van der Waals surface area contributed by atoms with E-state index in [0.29, 0.717) is 12.8 Å². The smallest absolute Gasteiger partial charge is 0.322 e. The van der Waals surface area contributed by atoms with Crippen molar-refractivity contribution in [2.75, 3.05) is 0 Å². The molecule has 5 nitrogen and oxygen atoms in total. The molecule has 7 heteroatoms. The average molecular weight is 313 g/mol. The third-order valence-corrected chi connectivity index (χ3v) is 6.30. The molecule has 0 rings (SSSR count). The second kappa shape index (κ2) is 10.9. The van der Waals surface area contributed by atoms with Gasteiger partial charge in [0.2, 0.25) is 0 Å². The Hall–Kier alpha value is 0.210. The standard InChI is InChI=1S/C12H26O5P2/c1-3-5-6-7-8-9-10-11-12(4-2)19(15,16)17-18(13)14/h12H,3-11H2,1-2H3,(H-,13,14,15,16)/p+1. The molecule has 0 fully saturated rings. The predicted molar refractivity (Wildman–Crippen MR) is 77.4 cm³/mol. The van der Waals surface area contributed by atoms with Crippen molar-refractivity contribution >= 4 is 15.9 Å².